The van der Waals surface area contributed by atoms with Gasteiger partial charge in [0.1, 0.15) is 20.9 Å². The van der Waals surface area contributed by atoms with Crippen LogP contribution in [0.5, 0.6) is 0 Å². The van der Waals surface area contributed by atoms with Crippen LogP contribution >= 0.6 is 34.4 Å². The van der Waals surface area contributed by atoms with Gasteiger partial charge in [-0.25, -0.2) is 0 Å². The fraction of sp³-hybridized carbons (Fsp3) is 0.310. The number of nitrogens with one attached hydrogen (secondary N) is 1. The molecule has 0 aliphatic heterocycles. The first kappa shape index (κ1) is 31.9. The number of anilines is 1. The van der Waals surface area contributed by atoms with Gasteiger partial charge in [0.15, 0.2) is 11.7 Å². The molecule has 2 heterocycles. The summed E-state index contributed by atoms with van der Waals surface area (Å²) in [6.45, 7) is 0. The zero-order valence-electron chi connectivity index (χ0n) is 23.4. The third kappa shape index (κ3) is 8.99. The van der Waals surface area contributed by atoms with Crippen molar-refractivity contribution in [3.05, 3.63) is 86.8 Å². The minimum absolute atomic E-state index is 0.00110. The van der Waals surface area contributed by atoms with Crippen LogP contribution in [0.3, 0.4) is 0 Å². The van der Waals surface area contributed by atoms with Crippen molar-refractivity contribution in [2.75, 3.05) is 31.0 Å². The predicted octanol–water partition coefficient (Wildman–Crippen LogP) is 3.87. The number of thioether (sulfide) groups is 1. The Labute approximate surface area is 260 Å². The number of esters is 2. The van der Waals surface area contributed by atoms with Crippen LogP contribution in [0.15, 0.2) is 60.7 Å². The summed E-state index contributed by atoms with van der Waals surface area (Å²) in [5.74, 6) is -2.61. The summed E-state index contributed by atoms with van der Waals surface area (Å²) in [5, 5.41) is 21.6. The van der Waals surface area contributed by atoms with E-state index in [2.05, 4.69) is 25.7 Å². The van der Waals surface area contributed by atoms with E-state index < -0.39 is 29.7 Å². The Morgan fingerprint density at radius 3 is 1.84 bits per heavy atom. The number of aryl methyl sites for hydroxylation is 2. The lowest BCUT2D eigenvalue weighted by Gasteiger charge is -2.13. The molecule has 2 atom stereocenters. The number of carbonyl (C=O) groups excluding carboxylic acids is 4. The highest BCUT2D eigenvalue weighted by Gasteiger charge is 2.31. The highest BCUT2D eigenvalue weighted by atomic mass is 32.2. The first-order valence-corrected chi connectivity index (χ1v) is 16.0. The fourth-order valence-electron chi connectivity index (χ4n) is 4.09. The van der Waals surface area contributed by atoms with Gasteiger partial charge >= 0.3 is 11.9 Å². The van der Waals surface area contributed by atoms with E-state index in [9.17, 15) is 19.2 Å². The van der Waals surface area contributed by atoms with Crippen LogP contribution in [0.1, 0.15) is 38.0 Å². The molecule has 2 aromatic carbocycles. The van der Waals surface area contributed by atoms with Crippen LogP contribution in [0, 0.1) is 0 Å². The number of carbonyl (C=O) groups is 4. The van der Waals surface area contributed by atoms with Crippen LogP contribution in [0.2, 0.25) is 0 Å². The van der Waals surface area contributed by atoms with E-state index in [4.69, 9.17) is 9.47 Å². The van der Waals surface area contributed by atoms with Crippen molar-refractivity contribution in [1.82, 2.24) is 20.4 Å². The van der Waals surface area contributed by atoms with Crippen molar-refractivity contribution in [2.45, 2.75) is 31.1 Å². The molecule has 14 heteroatoms. The maximum absolute atomic E-state index is 12.9. The van der Waals surface area contributed by atoms with Crippen molar-refractivity contribution >= 4 is 63.2 Å². The van der Waals surface area contributed by atoms with E-state index in [0.717, 1.165) is 21.5 Å². The zero-order chi connectivity index (χ0) is 30.6. The molecule has 2 unspecified atom stereocenters. The number of amides is 1. The highest BCUT2D eigenvalue weighted by molar-refractivity contribution is 7.99. The maximum atomic E-state index is 12.9. The first-order valence-electron chi connectivity index (χ1n) is 13.2. The number of hydrogen-bond acceptors (Lipinski definition) is 13. The Morgan fingerprint density at radius 2 is 1.23 bits per heavy atom. The number of ketones is 1. The predicted molar refractivity (Wildman–Crippen MR) is 164 cm³/mol. The zero-order valence-corrected chi connectivity index (χ0v) is 25.9. The molecule has 0 fully saturated rings. The summed E-state index contributed by atoms with van der Waals surface area (Å²) in [5.41, 5.74) is 1.11. The average Bonchev–Trinajstić information content (AvgIpc) is 3.67. The summed E-state index contributed by atoms with van der Waals surface area (Å²) < 4.78 is 9.68. The van der Waals surface area contributed by atoms with Gasteiger partial charge in [0.05, 0.1) is 20.6 Å². The molecule has 0 bridgehead atoms. The van der Waals surface area contributed by atoms with Crippen LogP contribution in [0.4, 0.5) is 5.13 Å². The molecule has 4 rings (SSSR count). The summed E-state index contributed by atoms with van der Waals surface area (Å²) in [6.07, 6.45) is 1.34. The van der Waals surface area contributed by atoms with E-state index in [1.807, 2.05) is 6.07 Å². The van der Waals surface area contributed by atoms with E-state index in [1.54, 1.807) is 66.4 Å². The second-order valence-electron chi connectivity index (χ2n) is 9.07. The fourth-order valence-corrected chi connectivity index (χ4v) is 6.82. The number of nitrogens with zero attached hydrogens (tertiary/aromatic N) is 4. The lowest BCUT2D eigenvalue weighted by Crippen LogP contribution is -2.28. The topological polar surface area (TPSA) is 150 Å². The normalized spacial score (nSPS) is 12.2. The van der Waals surface area contributed by atoms with Crippen LogP contribution in [-0.2, 0) is 47.9 Å². The molecule has 0 aliphatic rings. The van der Waals surface area contributed by atoms with Crippen molar-refractivity contribution in [1.29, 1.82) is 0 Å². The average molecular weight is 640 g/mol. The Balaban J connectivity index is 1.21. The molecule has 11 nitrogen and oxygen atoms in total. The molecule has 1 amide bonds. The standard InChI is InChI=1S/C29H29N5O6S3/c1-39-27(37)24(18-9-5-3-6-10-18)20(35)17-23-33-31-21(42-23)13-15-41-16-14-22-32-34-29(43-22)30-26(36)25(28(38)40-2)19-11-7-4-8-12-19/h3-12,24-25H,13-17H2,1-2H3,(H,30,34,36). The van der Waals surface area contributed by atoms with Gasteiger partial charge in [0.25, 0.3) is 0 Å². The van der Waals surface area contributed by atoms with Crippen molar-refractivity contribution in [3.63, 3.8) is 0 Å². The van der Waals surface area contributed by atoms with Gasteiger partial charge in [0, 0.05) is 12.8 Å². The number of hydrogen-bond donors (Lipinski definition) is 1. The Bertz CT molecular complexity index is 1420. The van der Waals surface area contributed by atoms with Gasteiger partial charge < -0.3 is 9.47 Å². The second-order valence-corrected chi connectivity index (χ2v) is 12.5. The Morgan fingerprint density at radius 1 is 0.721 bits per heavy atom. The molecule has 0 aliphatic carbocycles. The van der Waals surface area contributed by atoms with E-state index in [0.29, 0.717) is 34.1 Å². The van der Waals surface area contributed by atoms with Crippen LogP contribution < -0.4 is 5.32 Å². The molecule has 1 N–H and O–H groups in total. The SMILES string of the molecule is COC(=O)C(C(=O)Cc1nnc(CCSCCc2nnc(NC(=O)C(C(=O)OC)c3ccccc3)s2)s1)c1ccccc1. The Hall–Kier alpha value is -4.01. The third-order valence-electron chi connectivity index (χ3n) is 6.18. The second kappa shape index (κ2) is 16.0. The molecular formula is C29H29N5O6S3. The van der Waals surface area contributed by atoms with Gasteiger partial charge in [-0.15, -0.1) is 31.7 Å². The molecule has 0 saturated carbocycles. The number of benzene rings is 2. The number of aromatic nitrogens is 4. The van der Waals surface area contributed by atoms with Crippen LogP contribution in [0.25, 0.3) is 0 Å². The quantitative estimate of drug-likeness (QED) is 0.115. The minimum atomic E-state index is -1.11. The number of methoxy groups -OCH3 is 2. The summed E-state index contributed by atoms with van der Waals surface area (Å²) in [4.78, 5) is 50.3. The van der Waals surface area contributed by atoms with Gasteiger partial charge in [-0.05, 0) is 22.6 Å². The molecule has 0 spiro atoms. The Kier molecular flexibility index (Phi) is 11.9. The molecule has 4 aromatic rings. The molecule has 43 heavy (non-hydrogen) atoms. The van der Waals surface area contributed by atoms with E-state index in [-0.39, 0.29) is 12.2 Å². The van der Waals surface area contributed by atoms with E-state index in [1.165, 1.54) is 36.9 Å². The number of rotatable bonds is 15. The van der Waals surface area contributed by atoms with Crippen molar-refractivity contribution in [3.8, 4) is 0 Å². The molecular weight excluding hydrogens is 611 g/mol. The third-order valence-corrected chi connectivity index (χ3v) is 9.04. The van der Waals surface area contributed by atoms with Crippen molar-refractivity contribution in [2.24, 2.45) is 0 Å². The molecule has 224 valence electrons. The van der Waals surface area contributed by atoms with Gasteiger partial charge in [-0.3, -0.25) is 24.5 Å². The molecule has 2 aromatic heterocycles. The minimum Gasteiger partial charge on any atom is -0.468 e. The first-order chi connectivity index (χ1) is 20.9. The molecule has 0 saturated heterocycles. The van der Waals surface area contributed by atoms with Crippen molar-refractivity contribution < 1.29 is 28.7 Å². The lowest BCUT2D eigenvalue weighted by atomic mass is 9.93. The number of ether oxygens (including phenoxy) is 2. The summed E-state index contributed by atoms with van der Waals surface area (Å²) >= 11 is 4.32. The smallest absolute Gasteiger partial charge is 0.322 e. The van der Waals surface area contributed by atoms with Crippen LogP contribution in [-0.4, -0.2) is 69.7 Å². The number of Topliss-reactive ketones (excluding diaryl/α,β-unsaturated/α-hetero) is 1. The van der Waals surface area contributed by atoms with Gasteiger partial charge in [-0.1, -0.05) is 72.0 Å². The maximum Gasteiger partial charge on any atom is 0.322 e. The summed E-state index contributed by atoms with van der Waals surface area (Å²) in [7, 11) is 2.51. The van der Waals surface area contributed by atoms with E-state index >= 15 is 0 Å². The van der Waals surface area contributed by atoms with Gasteiger partial charge in [0.2, 0.25) is 11.0 Å². The largest absolute Gasteiger partial charge is 0.468 e. The highest BCUT2D eigenvalue weighted by Crippen LogP contribution is 2.24. The van der Waals surface area contributed by atoms with Gasteiger partial charge in [-0.2, -0.15) is 11.8 Å². The monoisotopic (exact) mass is 639 g/mol. The lowest BCUT2D eigenvalue weighted by molar-refractivity contribution is -0.146. The molecule has 0 radical (unpaired) electrons. The summed E-state index contributed by atoms with van der Waals surface area (Å²) in [6, 6.07) is 17.5.